The van der Waals surface area contributed by atoms with Crippen LogP contribution in [0.2, 0.25) is 5.02 Å². The molecule has 0 spiro atoms. The SMILES string of the molecule is Cc1nc2ccc(Oc3ccc4ncc(-c5cnn(C6CC7CCC(C6)N7)c5)nc4c3Cl)cc2[nH]1. The fourth-order valence-corrected chi connectivity index (χ4v) is 5.70. The van der Waals surface area contributed by atoms with Crippen LogP contribution in [0.15, 0.2) is 48.9 Å². The van der Waals surface area contributed by atoms with Crippen LogP contribution in [-0.2, 0) is 0 Å². The van der Waals surface area contributed by atoms with E-state index in [0.29, 0.717) is 45.7 Å². The second kappa shape index (κ2) is 8.03. The zero-order valence-corrected chi connectivity index (χ0v) is 20.0. The lowest BCUT2D eigenvalue weighted by atomic mass is 10.0. The second-order valence-electron chi connectivity index (χ2n) is 9.58. The lowest BCUT2D eigenvalue weighted by molar-refractivity contribution is 0.281. The van der Waals surface area contributed by atoms with Crippen molar-refractivity contribution < 1.29 is 4.74 Å². The molecule has 35 heavy (non-hydrogen) atoms. The Labute approximate surface area is 206 Å². The second-order valence-corrected chi connectivity index (χ2v) is 9.95. The lowest BCUT2D eigenvalue weighted by Gasteiger charge is -2.29. The first-order chi connectivity index (χ1) is 17.1. The van der Waals surface area contributed by atoms with Crippen LogP contribution >= 0.6 is 11.6 Å². The van der Waals surface area contributed by atoms with Crippen LogP contribution in [0.25, 0.3) is 33.3 Å². The van der Waals surface area contributed by atoms with E-state index < -0.39 is 0 Å². The zero-order valence-electron chi connectivity index (χ0n) is 19.2. The minimum atomic E-state index is 0.426. The average Bonchev–Trinajstić information content (AvgIpc) is 3.58. The number of hydrogen-bond acceptors (Lipinski definition) is 6. The normalized spacial score (nSPS) is 21.7. The molecule has 0 radical (unpaired) electrons. The van der Waals surface area contributed by atoms with Gasteiger partial charge in [0.05, 0.1) is 40.7 Å². The molecule has 176 valence electrons. The first-order valence-corrected chi connectivity index (χ1v) is 12.4. The maximum absolute atomic E-state index is 6.76. The Morgan fingerprint density at radius 3 is 2.71 bits per heavy atom. The summed E-state index contributed by atoms with van der Waals surface area (Å²) in [6.45, 7) is 1.93. The topological polar surface area (TPSA) is 93.5 Å². The Hall–Kier alpha value is -3.49. The van der Waals surface area contributed by atoms with Crippen LogP contribution in [-0.4, -0.2) is 41.8 Å². The van der Waals surface area contributed by atoms with Crippen molar-refractivity contribution in [2.45, 2.75) is 50.7 Å². The quantitative estimate of drug-likeness (QED) is 0.345. The Kier molecular flexibility index (Phi) is 4.78. The van der Waals surface area contributed by atoms with Gasteiger partial charge >= 0.3 is 0 Å². The molecule has 8 nitrogen and oxygen atoms in total. The van der Waals surface area contributed by atoms with Crippen molar-refractivity contribution in [3.63, 3.8) is 0 Å². The van der Waals surface area contributed by atoms with Gasteiger partial charge in [-0.15, -0.1) is 0 Å². The highest BCUT2D eigenvalue weighted by Gasteiger charge is 2.34. The average molecular weight is 486 g/mol. The number of benzene rings is 2. The first kappa shape index (κ1) is 20.8. The number of halogens is 1. The molecule has 2 atom stereocenters. The number of rotatable bonds is 4. The van der Waals surface area contributed by atoms with E-state index in [0.717, 1.165) is 41.0 Å². The Balaban J connectivity index is 1.19. The van der Waals surface area contributed by atoms with Crippen LogP contribution in [0.3, 0.4) is 0 Å². The number of aromatic amines is 1. The van der Waals surface area contributed by atoms with Crippen LogP contribution in [0.4, 0.5) is 0 Å². The van der Waals surface area contributed by atoms with Crippen molar-refractivity contribution in [1.29, 1.82) is 0 Å². The van der Waals surface area contributed by atoms with Gasteiger partial charge < -0.3 is 15.0 Å². The van der Waals surface area contributed by atoms with Crippen molar-refractivity contribution in [3.8, 4) is 22.8 Å². The fourth-order valence-electron chi connectivity index (χ4n) is 5.46. The standard InChI is InChI=1S/C26H24ClN7O/c1-14-30-20-5-4-19(10-22(20)31-14)35-24-7-6-21-26(25(24)27)33-23(12-28-21)15-11-29-34(13-15)18-8-16-2-3-17(9-18)32-16/h4-7,10-13,16-18,32H,2-3,8-9H2,1H3,(H,30,31). The number of aryl methyl sites for hydroxylation is 1. The van der Waals surface area contributed by atoms with Gasteiger partial charge in [0, 0.05) is 29.9 Å². The van der Waals surface area contributed by atoms with Crippen LogP contribution in [0, 0.1) is 6.92 Å². The molecular formula is C26H24ClN7O. The molecule has 2 aromatic carbocycles. The van der Waals surface area contributed by atoms with E-state index in [1.165, 1.54) is 12.8 Å². The number of fused-ring (bicyclic) bond motifs is 4. The Morgan fingerprint density at radius 2 is 1.86 bits per heavy atom. The molecule has 2 N–H and O–H groups in total. The molecule has 0 amide bonds. The van der Waals surface area contributed by atoms with E-state index in [2.05, 4.69) is 36.2 Å². The van der Waals surface area contributed by atoms with Crippen LogP contribution in [0.5, 0.6) is 11.5 Å². The molecule has 2 aliphatic heterocycles. The highest BCUT2D eigenvalue weighted by molar-refractivity contribution is 6.36. The number of hydrogen-bond donors (Lipinski definition) is 2. The highest BCUT2D eigenvalue weighted by Crippen LogP contribution is 2.37. The summed E-state index contributed by atoms with van der Waals surface area (Å²) in [5.41, 5.74) is 4.81. The van der Waals surface area contributed by atoms with Crippen molar-refractivity contribution in [2.24, 2.45) is 0 Å². The molecule has 3 aromatic heterocycles. The number of imidazole rings is 1. The molecule has 5 aromatic rings. The van der Waals surface area contributed by atoms with Crippen LogP contribution in [0.1, 0.15) is 37.5 Å². The number of ether oxygens (including phenoxy) is 1. The maximum atomic E-state index is 6.76. The van der Waals surface area contributed by atoms with E-state index in [1.54, 1.807) is 6.20 Å². The Morgan fingerprint density at radius 1 is 1.03 bits per heavy atom. The van der Waals surface area contributed by atoms with E-state index in [-0.39, 0.29) is 0 Å². The summed E-state index contributed by atoms with van der Waals surface area (Å²) in [5, 5.41) is 8.79. The lowest BCUT2D eigenvalue weighted by Crippen LogP contribution is -2.38. The van der Waals surface area contributed by atoms with Crippen molar-refractivity contribution >= 4 is 33.7 Å². The summed E-state index contributed by atoms with van der Waals surface area (Å²) in [5.74, 6) is 2.06. The summed E-state index contributed by atoms with van der Waals surface area (Å²) in [6, 6.07) is 11.1. The van der Waals surface area contributed by atoms with Gasteiger partial charge in [0.15, 0.2) is 0 Å². The molecule has 0 saturated carbocycles. The minimum absolute atomic E-state index is 0.426. The van der Waals surface area contributed by atoms with Gasteiger partial charge in [-0.1, -0.05) is 11.6 Å². The van der Waals surface area contributed by atoms with Gasteiger partial charge in [0.1, 0.15) is 27.9 Å². The number of nitrogens with one attached hydrogen (secondary N) is 2. The zero-order chi connectivity index (χ0) is 23.5. The third-order valence-electron chi connectivity index (χ3n) is 7.14. The molecular weight excluding hydrogens is 462 g/mol. The van der Waals surface area contributed by atoms with Crippen LogP contribution < -0.4 is 10.1 Å². The van der Waals surface area contributed by atoms with Gasteiger partial charge in [0.2, 0.25) is 0 Å². The summed E-state index contributed by atoms with van der Waals surface area (Å²) in [6.07, 6.45) is 10.5. The minimum Gasteiger partial charge on any atom is -0.456 e. The summed E-state index contributed by atoms with van der Waals surface area (Å²) >= 11 is 6.76. The molecule has 0 aliphatic carbocycles. The monoisotopic (exact) mass is 485 g/mol. The summed E-state index contributed by atoms with van der Waals surface area (Å²) < 4.78 is 8.22. The highest BCUT2D eigenvalue weighted by atomic mass is 35.5. The van der Waals surface area contributed by atoms with Gasteiger partial charge in [0.25, 0.3) is 0 Å². The van der Waals surface area contributed by atoms with Crippen molar-refractivity contribution in [1.82, 2.24) is 35.0 Å². The first-order valence-electron chi connectivity index (χ1n) is 12.0. The molecule has 5 heterocycles. The van der Waals surface area contributed by atoms with Gasteiger partial charge in [-0.2, -0.15) is 5.10 Å². The van der Waals surface area contributed by atoms with Crippen molar-refractivity contribution in [3.05, 3.63) is 59.8 Å². The van der Waals surface area contributed by atoms with Gasteiger partial charge in [-0.05, 0) is 56.9 Å². The molecule has 2 unspecified atom stereocenters. The summed E-state index contributed by atoms with van der Waals surface area (Å²) in [7, 11) is 0. The molecule has 2 bridgehead atoms. The number of H-pyrrole nitrogens is 1. The van der Waals surface area contributed by atoms with E-state index in [9.17, 15) is 0 Å². The summed E-state index contributed by atoms with van der Waals surface area (Å²) in [4.78, 5) is 17.1. The maximum Gasteiger partial charge on any atom is 0.148 e. The molecule has 2 aliphatic rings. The smallest absolute Gasteiger partial charge is 0.148 e. The number of nitrogens with zero attached hydrogens (tertiary/aromatic N) is 5. The predicted octanol–water partition coefficient (Wildman–Crippen LogP) is 5.58. The van der Waals surface area contributed by atoms with E-state index in [4.69, 9.17) is 21.3 Å². The third kappa shape index (κ3) is 3.73. The largest absolute Gasteiger partial charge is 0.456 e. The van der Waals surface area contributed by atoms with Gasteiger partial charge in [-0.3, -0.25) is 9.67 Å². The molecule has 2 saturated heterocycles. The molecule has 2 fully saturated rings. The molecule has 9 heteroatoms. The van der Waals surface area contributed by atoms with Gasteiger partial charge in [-0.25, -0.2) is 9.97 Å². The number of aromatic nitrogens is 6. The fraction of sp³-hybridized carbons (Fsp3) is 0.308. The Bertz CT molecular complexity index is 1560. The van der Waals surface area contributed by atoms with Crippen molar-refractivity contribution in [2.75, 3.05) is 0 Å². The predicted molar refractivity (Wildman–Crippen MR) is 135 cm³/mol. The molecule has 7 rings (SSSR count). The van der Waals surface area contributed by atoms with E-state index >= 15 is 0 Å². The third-order valence-corrected chi connectivity index (χ3v) is 7.50. The number of piperidine rings is 1. The van der Waals surface area contributed by atoms with E-state index in [1.807, 2.05) is 43.5 Å².